The van der Waals surface area contributed by atoms with Gasteiger partial charge in [-0.25, -0.2) is 0 Å². The second kappa shape index (κ2) is 5.50. The third kappa shape index (κ3) is 2.96. The van der Waals surface area contributed by atoms with E-state index >= 15 is 0 Å². The van der Waals surface area contributed by atoms with E-state index in [0.29, 0.717) is 10.5 Å². The number of carbonyl (C=O) groups is 1. The van der Waals surface area contributed by atoms with Crippen molar-refractivity contribution in [2.75, 3.05) is 5.75 Å². The molecule has 6 heteroatoms. The lowest BCUT2D eigenvalue weighted by molar-refractivity contribution is -0.385. The first-order valence-electron chi connectivity index (χ1n) is 4.77. The third-order valence-electron chi connectivity index (χ3n) is 1.90. The molecule has 1 aromatic rings. The summed E-state index contributed by atoms with van der Waals surface area (Å²) in [4.78, 5) is 21.8. The predicted molar refractivity (Wildman–Crippen MR) is 62.6 cm³/mol. The van der Waals surface area contributed by atoms with Gasteiger partial charge in [0.25, 0.3) is 5.69 Å². The topological polar surface area (TPSA) is 86.2 Å². The van der Waals surface area contributed by atoms with Gasteiger partial charge in [-0.05, 0) is 18.2 Å². The maximum absolute atomic E-state index is 11.1. The Hall–Kier alpha value is -1.56. The molecule has 0 aromatic heterocycles. The van der Waals surface area contributed by atoms with Crippen molar-refractivity contribution in [2.45, 2.75) is 18.2 Å². The average Bonchev–Trinajstić information content (AvgIpc) is 2.25. The van der Waals surface area contributed by atoms with E-state index in [2.05, 4.69) is 0 Å². The lowest BCUT2D eigenvalue weighted by atomic mass is 10.2. The molecular weight excluding hydrogens is 228 g/mol. The van der Waals surface area contributed by atoms with Crippen LogP contribution in [0.25, 0.3) is 0 Å². The predicted octanol–water partition coefficient (Wildman–Crippen LogP) is 2.20. The minimum atomic E-state index is -0.562. The summed E-state index contributed by atoms with van der Waals surface area (Å²) in [7, 11) is 0. The van der Waals surface area contributed by atoms with Gasteiger partial charge in [0.2, 0.25) is 5.91 Å². The van der Waals surface area contributed by atoms with E-state index in [9.17, 15) is 14.9 Å². The van der Waals surface area contributed by atoms with E-state index in [1.807, 2.05) is 6.92 Å². The molecule has 0 unspecified atom stereocenters. The zero-order valence-electron chi connectivity index (χ0n) is 8.80. The second-order valence-corrected chi connectivity index (χ2v) is 4.29. The molecule has 0 bridgehead atoms. The van der Waals surface area contributed by atoms with Gasteiger partial charge < -0.3 is 5.73 Å². The summed E-state index contributed by atoms with van der Waals surface area (Å²) in [6, 6.07) is 4.08. The number of non-ortho nitro benzene ring substituents is 1. The van der Waals surface area contributed by atoms with E-state index in [1.54, 1.807) is 0 Å². The summed E-state index contributed by atoms with van der Waals surface area (Å²) in [6.45, 7) is 1.99. The fraction of sp³-hybridized carbons (Fsp3) is 0.300. The molecule has 86 valence electrons. The van der Waals surface area contributed by atoms with Gasteiger partial charge in [-0.3, -0.25) is 14.9 Å². The Morgan fingerprint density at radius 3 is 2.75 bits per heavy atom. The minimum absolute atomic E-state index is 0.0244. The van der Waals surface area contributed by atoms with Crippen molar-refractivity contribution in [3.63, 3.8) is 0 Å². The summed E-state index contributed by atoms with van der Waals surface area (Å²) in [6.07, 6.45) is 0.922. The Labute approximate surface area is 97.2 Å². The molecule has 16 heavy (non-hydrogen) atoms. The smallest absolute Gasteiger partial charge is 0.270 e. The summed E-state index contributed by atoms with van der Waals surface area (Å²) < 4.78 is 0. The number of carbonyl (C=O) groups excluding carboxylic acids is 1. The van der Waals surface area contributed by atoms with Gasteiger partial charge in [0, 0.05) is 17.0 Å². The molecule has 0 aliphatic carbocycles. The summed E-state index contributed by atoms with van der Waals surface area (Å²) in [5.74, 6) is 0.232. The monoisotopic (exact) mass is 240 g/mol. The minimum Gasteiger partial charge on any atom is -0.366 e. The molecule has 0 aliphatic heterocycles. The van der Waals surface area contributed by atoms with Gasteiger partial charge in [0.1, 0.15) is 0 Å². The Bertz CT molecular complexity index is 421. The average molecular weight is 240 g/mol. The van der Waals surface area contributed by atoms with Crippen molar-refractivity contribution in [2.24, 2.45) is 5.73 Å². The van der Waals surface area contributed by atoms with Crippen molar-refractivity contribution in [3.8, 4) is 0 Å². The number of nitrogens with zero attached hydrogens (tertiary/aromatic N) is 1. The number of benzene rings is 1. The summed E-state index contributed by atoms with van der Waals surface area (Å²) in [5, 5.41) is 10.6. The number of nitrogens with two attached hydrogens (primary N) is 1. The first-order valence-corrected chi connectivity index (χ1v) is 5.76. The number of amides is 1. The number of nitro benzene ring substituents is 1. The zero-order chi connectivity index (χ0) is 12.1. The molecule has 2 N–H and O–H groups in total. The van der Waals surface area contributed by atoms with Crippen LogP contribution in [0.3, 0.4) is 0 Å². The molecule has 0 aliphatic rings. The maximum atomic E-state index is 11.1. The molecule has 0 atom stereocenters. The highest BCUT2D eigenvalue weighted by molar-refractivity contribution is 7.99. The van der Waals surface area contributed by atoms with E-state index < -0.39 is 10.8 Å². The Morgan fingerprint density at radius 1 is 1.56 bits per heavy atom. The molecule has 0 spiro atoms. The molecule has 1 amide bonds. The molecular formula is C10H12N2O3S. The fourth-order valence-corrected chi connectivity index (χ4v) is 2.11. The van der Waals surface area contributed by atoms with Crippen molar-refractivity contribution >= 4 is 23.4 Å². The number of hydrogen-bond acceptors (Lipinski definition) is 4. The Kier molecular flexibility index (Phi) is 4.30. The van der Waals surface area contributed by atoms with Crippen LogP contribution in [-0.4, -0.2) is 16.6 Å². The normalized spacial score (nSPS) is 10.1. The lowest BCUT2D eigenvalue weighted by Crippen LogP contribution is -2.12. The molecule has 5 nitrogen and oxygen atoms in total. The van der Waals surface area contributed by atoms with Crippen LogP contribution in [0.15, 0.2) is 23.1 Å². The maximum Gasteiger partial charge on any atom is 0.270 e. The molecule has 0 radical (unpaired) electrons. The van der Waals surface area contributed by atoms with Gasteiger partial charge in [-0.15, -0.1) is 11.8 Å². The molecule has 0 saturated carbocycles. The van der Waals surface area contributed by atoms with Gasteiger partial charge in [-0.1, -0.05) is 6.92 Å². The van der Waals surface area contributed by atoms with Crippen LogP contribution in [0.4, 0.5) is 5.69 Å². The van der Waals surface area contributed by atoms with E-state index in [-0.39, 0.29) is 5.69 Å². The quantitative estimate of drug-likeness (QED) is 0.485. The van der Waals surface area contributed by atoms with Gasteiger partial charge >= 0.3 is 0 Å². The standard InChI is InChI=1S/C10H12N2O3S/c1-2-5-16-9-6-7(12(14)15)3-4-8(9)10(11)13/h3-4,6H,2,5H2,1H3,(H2,11,13). The van der Waals surface area contributed by atoms with Crippen LogP contribution >= 0.6 is 11.8 Å². The fourth-order valence-electron chi connectivity index (χ4n) is 1.16. The van der Waals surface area contributed by atoms with Crippen LogP contribution in [0.1, 0.15) is 23.7 Å². The highest BCUT2D eigenvalue weighted by atomic mass is 32.2. The number of hydrogen-bond donors (Lipinski definition) is 1. The van der Waals surface area contributed by atoms with Crippen molar-refractivity contribution < 1.29 is 9.72 Å². The Morgan fingerprint density at radius 2 is 2.25 bits per heavy atom. The third-order valence-corrected chi connectivity index (χ3v) is 3.16. The first-order chi connectivity index (χ1) is 7.56. The zero-order valence-corrected chi connectivity index (χ0v) is 9.62. The number of nitro groups is 1. The van der Waals surface area contributed by atoms with Crippen LogP contribution in [-0.2, 0) is 0 Å². The second-order valence-electron chi connectivity index (χ2n) is 3.15. The van der Waals surface area contributed by atoms with Crippen molar-refractivity contribution in [3.05, 3.63) is 33.9 Å². The SMILES string of the molecule is CCCSc1cc([N+](=O)[O-])ccc1C(N)=O. The van der Waals surface area contributed by atoms with Gasteiger partial charge in [0.05, 0.1) is 10.5 Å². The number of thioether (sulfide) groups is 1. The van der Waals surface area contributed by atoms with Crippen LogP contribution < -0.4 is 5.73 Å². The van der Waals surface area contributed by atoms with Crippen molar-refractivity contribution in [1.29, 1.82) is 0 Å². The first kappa shape index (κ1) is 12.5. The van der Waals surface area contributed by atoms with Gasteiger partial charge in [0.15, 0.2) is 0 Å². The Balaban J connectivity index is 3.10. The molecule has 1 rings (SSSR count). The van der Waals surface area contributed by atoms with Crippen LogP contribution in [0.5, 0.6) is 0 Å². The highest BCUT2D eigenvalue weighted by Gasteiger charge is 2.13. The molecule has 1 aromatic carbocycles. The van der Waals surface area contributed by atoms with E-state index in [4.69, 9.17) is 5.73 Å². The lowest BCUT2D eigenvalue weighted by Gasteiger charge is -2.05. The summed E-state index contributed by atoms with van der Waals surface area (Å²) in [5.41, 5.74) is 5.50. The molecule has 0 saturated heterocycles. The number of rotatable bonds is 5. The number of primary amides is 1. The van der Waals surface area contributed by atoms with E-state index in [1.165, 1.54) is 30.0 Å². The molecule has 0 fully saturated rings. The summed E-state index contributed by atoms with van der Waals surface area (Å²) >= 11 is 1.40. The molecule has 0 heterocycles. The van der Waals surface area contributed by atoms with Crippen LogP contribution in [0.2, 0.25) is 0 Å². The highest BCUT2D eigenvalue weighted by Crippen LogP contribution is 2.27. The van der Waals surface area contributed by atoms with E-state index in [0.717, 1.165) is 12.2 Å². The largest absolute Gasteiger partial charge is 0.366 e. The van der Waals surface area contributed by atoms with Crippen molar-refractivity contribution in [1.82, 2.24) is 0 Å². The van der Waals surface area contributed by atoms with Gasteiger partial charge in [-0.2, -0.15) is 0 Å². The van der Waals surface area contributed by atoms with Crippen LogP contribution in [0, 0.1) is 10.1 Å².